The average molecular weight is 203 g/mol. The number of pyridine rings is 1. The second-order valence-electron chi connectivity index (χ2n) is 2.67. The summed E-state index contributed by atoms with van der Waals surface area (Å²) in [6.45, 7) is 2.20. The van der Waals surface area contributed by atoms with E-state index < -0.39 is 12.5 Å². The summed E-state index contributed by atoms with van der Waals surface area (Å²) >= 11 is 0. The van der Waals surface area contributed by atoms with Gasteiger partial charge < -0.3 is 9.84 Å². The van der Waals surface area contributed by atoms with Crippen molar-refractivity contribution in [1.82, 2.24) is 4.98 Å². The van der Waals surface area contributed by atoms with E-state index in [1.54, 1.807) is 6.92 Å². The van der Waals surface area contributed by atoms with Crippen LogP contribution in [0.3, 0.4) is 0 Å². The lowest BCUT2D eigenvalue weighted by atomic mass is 10.2. The van der Waals surface area contributed by atoms with Gasteiger partial charge in [-0.1, -0.05) is 0 Å². The van der Waals surface area contributed by atoms with Crippen molar-refractivity contribution in [3.8, 4) is 5.75 Å². The predicted octanol–water partition coefficient (Wildman–Crippen LogP) is 1.78. The van der Waals surface area contributed by atoms with Gasteiger partial charge in [0.1, 0.15) is 11.9 Å². The highest BCUT2D eigenvalue weighted by molar-refractivity contribution is 5.25. The number of aliphatic hydroxyl groups is 1. The van der Waals surface area contributed by atoms with Crippen molar-refractivity contribution in [2.75, 3.05) is 6.61 Å². The molecule has 3 nitrogen and oxygen atoms in total. The zero-order valence-corrected chi connectivity index (χ0v) is 7.65. The van der Waals surface area contributed by atoms with Gasteiger partial charge in [-0.25, -0.2) is 8.78 Å². The Kier molecular flexibility index (Phi) is 3.76. The standard InChI is InChI=1S/C9H11F2NO2/c1-2-14-7-3-6(4-12-5-7)8(13)9(10)11/h3-5,8-9,13H,2H2,1H3. The van der Waals surface area contributed by atoms with E-state index in [1.165, 1.54) is 18.5 Å². The molecule has 0 fully saturated rings. The SMILES string of the molecule is CCOc1cncc(C(O)C(F)F)c1. The summed E-state index contributed by atoms with van der Waals surface area (Å²) in [6.07, 6.45) is -2.01. The van der Waals surface area contributed by atoms with Gasteiger partial charge in [-0.05, 0) is 13.0 Å². The topological polar surface area (TPSA) is 42.4 Å². The number of hydrogen-bond acceptors (Lipinski definition) is 3. The lowest BCUT2D eigenvalue weighted by Gasteiger charge is -2.10. The van der Waals surface area contributed by atoms with Crippen LogP contribution in [0.15, 0.2) is 18.5 Å². The first-order valence-corrected chi connectivity index (χ1v) is 4.19. The van der Waals surface area contributed by atoms with Crippen molar-refractivity contribution < 1.29 is 18.6 Å². The average Bonchev–Trinajstić information content (AvgIpc) is 2.17. The van der Waals surface area contributed by atoms with Crippen molar-refractivity contribution in [2.24, 2.45) is 0 Å². The Hall–Kier alpha value is -1.23. The third-order valence-electron chi connectivity index (χ3n) is 1.63. The van der Waals surface area contributed by atoms with E-state index in [9.17, 15) is 8.78 Å². The van der Waals surface area contributed by atoms with Crippen molar-refractivity contribution in [3.63, 3.8) is 0 Å². The van der Waals surface area contributed by atoms with Gasteiger partial charge in [-0.3, -0.25) is 4.98 Å². The van der Waals surface area contributed by atoms with Gasteiger partial charge in [0.15, 0.2) is 0 Å². The maximum Gasteiger partial charge on any atom is 0.268 e. The van der Waals surface area contributed by atoms with Crippen LogP contribution < -0.4 is 4.74 Å². The molecule has 0 saturated heterocycles. The van der Waals surface area contributed by atoms with Crippen LogP contribution >= 0.6 is 0 Å². The summed E-state index contributed by atoms with van der Waals surface area (Å²) in [5.74, 6) is 0.379. The molecule has 1 aromatic rings. The minimum absolute atomic E-state index is 0.0611. The van der Waals surface area contributed by atoms with Crippen LogP contribution in [-0.2, 0) is 0 Å². The fraction of sp³-hybridized carbons (Fsp3) is 0.444. The molecule has 14 heavy (non-hydrogen) atoms. The van der Waals surface area contributed by atoms with Crippen LogP contribution in [0.2, 0.25) is 0 Å². The highest BCUT2D eigenvalue weighted by Crippen LogP contribution is 2.22. The Balaban J connectivity index is 2.82. The highest BCUT2D eigenvalue weighted by atomic mass is 19.3. The number of rotatable bonds is 4. The zero-order valence-electron chi connectivity index (χ0n) is 7.65. The predicted molar refractivity (Wildman–Crippen MR) is 46.4 cm³/mol. The number of ether oxygens (including phenoxy) is 1. The minimum atomic E-state index is -2.81. The molecule has 0 amide bonds. The van der Waals surface area contributed by atoms with Crippen LogP contribution in [0.4, 0.5) is 8.78 Å². The highest BCUT2D eigenvalue weighted by Gasteiger charge is 2.19. The van der Waals surface area contributed by atoms with Gasteiger partial charge in [0, 0.05) is 11.8 Å². The Morgan fingerprint density at radius 2 is 2.21 bits per heavy atom. The summed E-state index contributed by atoms with van der Waals surface area (Å²) in [5, 5.41) is 9.04. The van der Waals surface area contributed by atoms with Crippen molar-refractivity contribution in [1.29, 1.82) is 0 Å². The van der Waals surface area contributed by atoms with Gasteiger partial charge in [-0.2, -0.15) is 0 Å². The third-order valence-corrected chi connectivity index (χ3v) is 1.63. The van der Waals surface area contributed by atoms with Crippen molar-refractivity contribution in [3.05, 3.63) is 24.0 Å². The molecule has 0 bridgehead atoms. The minimum Gasteiger partial charge on any atom is -0.492 e. The molecule has 1 rings (SSSR count). The molecular formula is C9H11F2NO2. The Bertz CT molecular complexity index is 294. The second kappa shape index (κ2) is 4.85. The van der Waals surface area contributed by atoms with E-state index in [2.05, 4.69) is 4.98 Å². The summed E-state index contributed by atoms with van der Waals surface area (Å²) in [5.41, 5.74) is 0.0611. The fourth-order valence-corrected chi connectivity index (χ4v) is 0.988. The maximum atomic E-state index is 12.1. The monoisotopic (exact) mass is 203 g/mol. The number of aromatic nitrogens is 1. The lowest BCUT2D eigenvalue weighted by molar-refractivity contribution is -0.00607. The van der Waals surface area contributed by atoms with Crippen LogP contribution in [0.5, 0.6) is 5.75 Å². The molecule has 0 aliphatic rings. The molecule has 1 atom stereocenters. The largest absolute Gasteiger partial charge is 0.492 e. The van der Waals surface area contributed by atoms with Gasteiger partial charge >= 0.3 is 0 Å². The molecule has 1 aromatic heterocycles. The third kappa shape index (κ3) is 2.63. The van der Waals surface area contributed by atoms with E-state index in [0.717, 1.165) is 0 Å². The van der Waals surface area contributed by atoms with Gasteiger partial charge in [0.25, 0.3) is 6.43 Å². The Labute approximate surface area is 80.3 Å². The first-order valence-electron chi connectivity index (χ1n) is 4.19. The number of nitrogens with zero attached hydrogens (tertiary/aromatic N) is 1. The molecule has 1 unspecified atom stereocenters. The molecule has 1 heterocycles. The second-order valence-corrected chi connectivity index (χ2v) is 2.67. The first-order chi connectivity index (χ1) is 6.65. The van der Waals surface area contributed by atoms with Gasteiger partial charge in [0.2, 0.25) is 0 Å². The van der Waals surface area contributed by atoms with E-state index >= 15 is 0 Å². The molecule has 0 spiro atoms. The Morgan fingerprint density at radius 3 is 2.79 bits per heavy atom. The maximum absolute atomic E-state index is 12.1. The van der Waals surface area contributed by atoms with E-state index in [0.29, 0.717) is 12.4 Å². The number of alkyl halides is 2. The van der Waals surface area contributed by atoms with E-state index in [1.807, 2.05) is 0 Å². The van der Waals surface area contributed by atoms with E-state index in [-0.39, 0.29) is 5.56 Å². The smallest absolute Gasteiger partial charge is 0.268 e. The molecule has 0 saturated carbocycles. The van der Waals surface area contributed by atoms with Crippen LogP contribution in [0.25, 0.3) is 0 Å². The van der Waals surface area contributed by atoms with Gasteiger partial charge in [0.05, 0.1) is 12.8 Å². The molecule has 0 aliphatic heterocycles. The number of hydrogen-bond donors (Lipinski definition) is 1. The summed E-state index contributed by atoms with van der Waals surface area (Å²) in [4.78, 5) is 3.69. The van der Waals surface area contributed by atoms with Crippen molar-refractivity contribution >= 4 is 0 Å². The van der Waals surface area contributed by atoms with Crippen molar-refractivity contribution in [2.45, 2.75) is 19.5 Å². The zero-order chi connectivity index (χ0) is 10.6. The van der Waals surface area contributed by atoms with E-state index in [4.69, 9.17) is 9.84 Å². The molecule has 1 N–H and O–H groups in total. The normalized spacial score (nSPS) is 12.9. The molecule has 0 aliphatic carbocycles. The first kappa shape index (κ1) is 10.8. The number of aliphatic hydroxyl groups excluding tert-OH is 1. The quantitative estimate of drug-likeness (QED) is 0.811. The summed E-state index contributed by atoms with van der Waals surface area (Å²) in [6, 6.07) is 1.35. The summed E-state index contributed by atoms with van der Waals surface area (Å²) < 4.78 is 29.3. The molecule has 0 radical (unpaired) electrons. The lowest BCUT2D eigenvalue weighted by Crippen LogP contribution is -2.08. The number of halogens is 2. The van der Waals surface area contributed by atoms with Crippen LogP contribution in [-0.4, -0.2) is 23.1 Å². The van der Waals surface area contributed by atoms with Crippen LogP contribution in [0.1, 0.15) is 18.6 Å². The van der Waals surface area contributed by atoms with Crippen LogP contribution in [0, 0.1) is 0 Å². The molecule has 5 heteroatoms. The Morgan fingerprint density at radius 1 is 1.50 bits per heavy atom. The summed E-state index contributed by atoms with van der Waals surface area (Å²) in [7, 11) is 0. The molecular weight excluding hydrogens is 192 g/mol. The van der Waals surface area contributed by atoms with Gasteiger partial charge in [-0.15, -0.1) is 0 Å². The molecule has 0 aromatic carbocycles. The molecule has 78 valence electrons. The fourth-order valence-electron chi connectivity index (χ4n) is 0.988.